The molecule has 1 unspecified atom stereocenters. The Morgan fingerprint density at radius 2 is 2.25 bits per heavy atom. The highest BCUT2D eigenvalue weighted by Gasteiger charge is 1.95. The topological polar surface area (TPSA) is 3.24 Å². The van der Waals surface area contributed by atoms with Gasteiger partial charge < -0.3 is 4.90 Å². The van der Waals surface area contributed by atoms with Crippen LogP contribution in [0.25, 0.3) is 0 Å². The first-order chi connectivity index (χ1) is 3.68. The normalized spacial score (nSPS) is 14.5. The molecule has 0 aromatic carbocycles. The second kappa shape index (κ2) is 4.27. The average molecular weight is 196 g/mol. The average Bonchev–Trinajstić information content (AvgIpc) is 1.67. The van der Waals surface area contributed by atoms with Crippen LogP contribution in [0.3, 0.4) is 0 Å². The summed E-state index contributed by atoms with van der Waals surface area (Å²) < 4.78 is 0. The molecule has 0 aromatic rings. The van der Waals surface area contributed by atoms with Crippen LogP contribution in [-0.4, -0.2) is 16.9 Å². The van der Waals surface area contributed by atoms with Gasteiger partial charge >= 0.3 is 0 Å². The van der Waals surface area contributed by atoms with Crippen LogP contribution in [0, 0.1) is 0 Å². The Bertz CT molecular complexity index is 82.5. The number of alkyl halides is 1. The van der Waals surface area contributed by atoms with Crippen LogP contribution < -0.4 is 0 Å². The summed E-state index contributed by atoms with van der Waals surface area (Å²) in [6.45, 7) is 2.05. The van der Waals surface area contributed by atoms with Gasteiger partial charge in [-0.25, -0.2) is 0 Å². The number of nitrogens with zero attached hydrogens (tertiary/aromatic N) is 1. The van der Waals surface area contributed by atoms with E-state index in [1.807, 2.05) is 25.1 Å². The third kappa shape index (κ3) is 3.38. The standard InChI is InChI=1S/C5H10BrNS/c1-5(6)7(2)3-4-8/h3-5,8H,1-2H3/b4-3-. The van der Waals surface area contributed by atoms with Crippen LogP contribution in [-0.2, 0) is 0 Å². The Kier molecular flexibility index (Phi) is 4.47. The molecule has 0 spiro atoms. The molecule has 0 saturated heterocycles. The van der Waals surface area contributed by atoms with Crippen LogP contribution in [0.2, 0.25) is 0 Å². The second-order valence-corrected chi connectivity index (χ2v) is 3.16. The molecule has 0 aliphatic rings. The first-order valence-corrected chi connectivity index (χ1v) is 3.78. The van der Waals surface area contributed by atoms with Gasteiger partial charge in [-0.15, -0.1) is 12.6 Å². The van der Waals surface area contributed by atoms with Gasteiger partial charge in [-0.3, -0.25) is 0 Å². The quantitative estimate of drug-likeness (QED) is 0.402. The Balaban J connectivity index is 3.47. The summed E-state index contributed by atoms with van der Waals surface area (Å²) >= 11 is 7.29. The summed E-state index contributed by atoms with van der Waals surface area (Å²) in [4.78, 5) is 2.39. The van der Waals surface area contributed by atoms with E-state index >= 15 is 0 Å². The fourth-order valence-corrected chi connectivity index (χ4v) is 0.571. The predicted molar refractivity (Wildman–Crippen MR) is 44.3 cm³/mol. The third-order valence-corrected chi connectivity index (χ3v) is 1.64. The molecule has 1 nitrogen and oxygen atoms in total. The lowest BCUT2D eigenvalue weighted by Gasteiger charge is -2.15. The maximum absolute atomic E-state index is 3.91. The molecule has 0 aromatic heterocycles. The van der Waals surface area contributed by atoms with E-state index in [4.69, 9.17) is 0 Å². The van der Waals surface area contributed by atoms with Gasteiger partial charge in [-0.2, -0.15) is 0 Å². The smallest absolute Gasteiger partial charge is 0.0809 e. The van der Waals surface area contributed by atoms with Gasteiger partial charge in [0.05, 0.1) is 4.95 Å². The molecule has 0 amide bonds. The van der Waals surface area contributed by atoms with Crippen molar-refractivity contribution in [3.8, 4) is 0 Å². The maximum Gasteiger partial charge on any atom is 0.0809 e. The van der Waals surface area contributed by atoms with E-state index in [0.717, 1.165) is 0 Å². The van der Waals surface area contributed by atoms with E-state index in [9.17, 15) is 0 Å². The molecule has 0 aliphatic carbocycles. The zero-order valence-corrected chi connectivity index (χ0v) is 7.48. The minimum absolute atomic E-state index is 0.380. The van der Waals surface area contributed by atoms with Crippen LogP contribution >= 0.6 is 28.6 Å². The Morgan fingerprint density at radius 3 is 2.38 bits per heavy atom. The summed E-state index contributed by atoms with van der Waals surface area (Å²) in [5.41, 5.74) is 0. The highest BCUT2D eigenvalue weighted by atomic mass is 79.9. The molecule has 0 fully saturated rings. The van der Waals surface area contributed by atoms with Crippen molar-refractivity contribution in [3.63, 3.8) is 0 Å². The lowest BCUT2D eigenvalue weighted by atomic mass is 10.6. The first kappa shape index (κ1) is 8.37. The molecule has 0 bridgehead atoms. The summed E-state index contributed by atoms with van der Waals surface area (Å²) in [5, 5.41) is 1.71. The number of hydrogen-bond donors (Lipinski definition) is 1. The van der Waals surface area contributed by atoms with Crippen LogP contribution in [0.4, 0.5) is 0 Å². The molecule has 48 valence electrons. The van der Waals surface area contributed by atoms with Gasteiger partial charge in [0.25, 0.3) is 0 Å². The SMILES string of the molecule is CC(Br)N(C)/C=C\S. The molecule has 0 rings (SSSR count). The number of halogens is 1. The zero-order chi connectivity index (χ0) is 6.57. The minimum Gasteiger partial charge on any atom is -0.368 e. The van der Waals surface area contributed by atoms with Gasteiger partial charge in [0.2, 0.25) is 0 Å². The van der Waals surface area contributed by atoms with Crippen LogP contribution in [0.1, 0.15) is 6.92 Å². The maximum atomic E-state index is 3.91. The van der Waals surface area contributed by atoms with Gasteiger partial charge in [0.1, 0.15) is 0 Å². The summed E-state index contributed by atoms with van der Waals surface area (Å²) in [6.07, 6.45) is 1.89. The molecule has 0 radical (unpaired) electrons. The van der Waals surface area contributed by atoms with Crippen molar-refractivity contribution in [2.75, 3.05) is 7.05 Å². The predicted octanol–water partition coefficient (Wildman–Crippen LogP) is 2.06. The monoisotopic (exact) mass is 195 g/mol. The number of thiol groups is 1. The van der Waals surface area contributed by atoms with E-state index in [1.165, 1.54) is 0 Å². The van der Waals surface area contributed by atoms with E-state index < -0.39 is 0 Å². The molecule has 0 heterocycles. The van der Waals surface area contributed by atoms with Crippen molar-refractivity contribution in [2.24, 2.45) is 0 Å². The lowest BCUT2D eigenvalue weighted by Crippen LogP contribution is -2.16. The molecule has 1 atom stereocenters. The van der Waals surface area contributed by atoms with Gasteiger partial charge in [-0.1, -0.05) is 15.9 Å². The lowest BCUT2D eigenvalue weighted by molar-refractivity contribution is 0.458. The highest BCUT2D eigenvalue weighted by molar-refractivity contribution is 9.09. The zero-order valence-electron chi connectivity index (χ0n) is 5.00. The fraction of sp³-hybridized carbons (Fsp3) is 0.600. The van der Waals surface area contributed by atoms with Gasteiger partial charge in [0.15, 0.2) is 0 Å². The molecule has 8 heavy (non-hydrogen) atoms. The van der Waals surface area contributed by atoms with E-state index in [-0.39, 0.29) is 0 Å². The number of hydrogen-bond acceptors (Lipinski definition) is 2. The highest BCUT2D eigenvalue weighted by Crippen LogP contribution is 2.02. The van der Waals surface area contributed by atoms with E-state index in [1.54, 1.807) is 5.41 Å². The molecule has 3 heteroatoms. The molecule has 0 saturated carbocycles. The molecule has 0 N–H and O–H groups in total. The Morgan fingerprint density at radius 1 is 1.75 bits per heavy atom. The van der Waals surface area contributed by atoms with Crippen LogP contribution in [0.15, 0.2) is 11.6 Å². The van der Waals surface area contributed by atoms with Crippen molar-refractivity contribution >= 4 is 28.6 Å². The fourth-order valence-electron chi connectivity index (χ4n) is 0.224. The van der Waals surface area contributed by atoms with Crippen molar-refractivity contribution < 1.29 is 0 Å². The van der Waals surface area contributed by atoms with Crippen molar-refractivity contribution in [1.82, 2.24) is 4.90 Å². The van der Waals surface area contributed by atoms with Crippen molar-refractivity contribution in [1.29, 1.82) is 0 Å². The molecular weight excluding hydrogens is 186 g/mol. The molecular formula is C5H10BrNS. The van der Waals surface area contributed by atoms with Crippen molar-refractivity contribution in [3.05, 3.63) is 11.6 Å². The minimum atomic E-state index is 0.380. The number of rotatable bonds is 2. The summed E-state index contributed by atoms with van der Waals surface area (Å²) in [6, 6.07) is 0. The van der Waals surface area contributed by atoms with Gasteiger partial charge in [-0.05, 0) is 12.3 Å². The van der Waals surface area contributed by atoms with E-state index in [2.05, 4.69) is 28.6 Å². The van der Waals surface area contributed by atoms with Crippen LogP contribution in [0.5, 0.6) is 0 Å². The Labute approximate surface area is 64.3 Å². The third-order valence-electron chi connectivity index (χ3n) is 0.863. The second-order valence-electron chi connectivity index (χ2n) is 1.54. The van der Waals surface area contributed by atoms with Gasteiger partial charge in [0, 0.05) is 13.2 Å². The molecule has 0 aliphatic heterocycles. The Hall–Kier alpha value is 0.370. The van der Waals surface area contributed by atoms with E-state index in [0.29, 0.717) is 4.95 Å². The van der Waals surface area contributed by atoms with Crippen molar-refractivity contribution in [2.45, 2.75) is 11.9 Å². The summed E-state index contributed by atoms with van der Waals surface area (Å²) in [5.74, 6) is 0. The summed E-state index contributed by atoms with van der Waals surface area (Å²) in [7, 11) is 1.98. The first-order valence-electron chi connectivity index (χ1n) is 2.35. The largest absolute Gasteiger partial charge is 0.368 e.